The number of thiophene rings is 1. The number of hydrogen-bond donors (Lipinski definition) is 1. The Labute approximate surface area is 110 Å². The fourth-order valence-electron chi connectivity index (χ4n) is 1.47. The van der Waals surface area contributed by atoms with Crippen molar-refractivity contribution >= 4 is 39.0 Å². The van der Waals surface area contributed by atoms with Crippen LogP contribution >= 0.6 is 22.9 Å². The molecule has 0 aliphatic carbocycles. The zero-order valence-corrected chi connectivity index (χ0v) is 11.8. The first-order valence-electron chi connectivity index (χ1n) is 5.52. The van der Waals surface area contributed by atoms with Crippen molar-refractivity contribution < 1.29 is 0 Å². The van der Waals surface area contributed by atoms with Crippen LogP contribution in [0.2, 0.25) is 0 Å². The van der Waals surface area contributed by atoms with E-state index in [4.69, 9.17) is 11.6 Å². The normalized spacial score (nSPS) is 12.0. The molecule has 2 heterocycles. The molecule has 0 spiro atoms. The van der Waals surface area contributed by atoms with Crippen molar-refractivity contribution in [2.24, 2.45) is 5.41 Å². The number of nitrogens with zero attached hydrogens (tertiary/aromatic N) is 2. The molecule has 92 valence electrons. The van der Waals surface area contributed by atoms with Gasteiger partial charge in [0.15, 0.2) is 0 Å². The van der Waals surface area contributed by atoms with Crippen molar-refractivity contribution in [3.63, 3.8) is 0 Å². The van der Waals surface area contributed by atoms with E-state index in [1.54, 1.807) is 17.7 Å². The van der Waals surface area contributed by atoms with Crippen molar-refractivity contribution in [1.29, 1.82) is 0 Å². The molecule has 0 unspecified atom stereocenters. The standard InChI is InChI=1S/C12H16ClN3S/c1-8-4-17-10-9(8)15-7-16-11(10)14-6-12(2,3)5-13/h4,7H,5-6H2,1-3H3,(H,14,15,16). The van der Waals surface area contributed by atoms with Gasteiger partial charge in [0.05, 0.1) is 10.2 Å². The third kappa shape index (κ3) is 2.69. The number of alkyl halides is 1. The van der Waals surface area contributed by atoms with Gasteiger partial charge in [0.1, 0.15) is 12.1 Å². The molecular formula is C12H16ClN3S. The average Bonchev–Trinajstić information content (AvgIpc) is 2.70. The molecule has 0 bridgehead atoms. The summed E-state index contributed by atoms with van der Waals surface area (Å²) in [4.78, 5) is 8.60. The molecule has 0 radical (unpaired) electrons. The first-order chi connectivity index (χ1) is 8.03. The van der Waals surface area contributed by atoms with E-state index in [9.17, 15) is 0 Å². The summed E-state index contributed by atoms with van der Waals surface area (Å²) in [5.41, 5.74) is 2.30. The molecular weight excluding hydrogens is 254 g/mol. The first-order valence-corrected chi connectivity index (χ1v) is 6.93. The highest BCUT2D eigenvalue weighted by atomic mass is 35.5. The number of aromatic nitrogens is 2. The smallest absolute Gasteiger partial charge is 0.147 e. The van der Waals surface area contributed by atoms with Crippen molar-refractivity contribution in [3.05, 3.63) is 17.3 Å². The number of anilines is 1. The van der Waals surface area contributed by atoms with Crippen LogP contribution in [-0.2, 0) is 0 Å². The minimum Gasteiger partial charge on any atom is -0.368 e. The maximum Gasteiger partial charge on any atom is 0.147 e. The molecule has 2 rings (SSSR count). The van der Waals surface area contributed by atoms with Gasteiger partial charge in [0.2, 0.25) is 0 Å². The van der Waals surface area contributed by atoms with Gasteiger partial charge in [0, 0.05) is 12.4 Å². The van der Waals surface area contributed by atoms with Gasteiger partial charge in [-0.25, -0.2) is 9.97 Å². The summed E-state index contributed by atoms with van der Waals surface area (Å²) in [6.07, 6.45) is 1.61. The van der Waals surface area contributed by atoms with Crippen LogP contribution in [0, 0.1) is 12.3 Å². The Morgan fingerprint density at radius 1 is 1.41 bits per heavy atom. The number of fused-ring (bicyclic) bond motifs is 1. The Morgan fingerprint density at radius 2 is 2.18 bits per heavy atom. The summed E-state index contributed by atoms with van der Waals surface area (Å²) < 4.78 is 1.12. The molecule has 0 saturated carbocycles. The van der Waals surface area contributed by atoms with E-state index in [1.807, 2.05) is 0 Å². The van der Waals surface area contributed by atoms with Crippen LogP contribution in [0.25, 0.3) is 10.2 Å². The minimum atomic E-state index is 0.0606. The number of hydrogen-bond acceptors (Lipinski definition) is 4. The predicted octanol–water partition coefficient (Wildman–Crippen LogP) is 3.68. The molecule has 0 amide bonds. The first kappa shape index (κ1) is 12.6. The largest absolute Gasteiger partial charge is 0.368 e. The lowest BCUT2D eigenvalue weighted by molar-refractivity contribution is 0.450. The van der Waals surface area contributed by atoms with Crippen LogP contribution in [-0.4, -0.2) is 22.4 Å². The summed E-state index contributed by atoms with van der Waals surface area (Å²) in [6.45, 7) is 7.13. The molecule has 5 heteroatoms. The Balaban J connectivity index is 2.25. The molecule has 0 aliphatic heterocycles. The second kappa shape index (κ2) is 4.78. The average molecular weight is 270 g/mol. The number of nitrogens with one attached hydrogen (secondary N) is 1. The molecule has 17 heavy (non-hydrogen) atoms. The van der Waals surface area contributed by atoms with Crippen molar-refractivity contribution in [2.75, 3.05) is 17.7 Å². The van der Waals surface area contributed by atoms with Crippen LogP contribution in [0.4, 0.5) is 5.82 Å². The highest BCUT2D eigenvalue weighted by Gasteiger charge is 2.17. The van der Waals surface area contributed by atoms with Gasteiger partial charge in [-0.3, -0.25) is 0 Å². The van der Waals surface area contributed by atoms with Crippen LogP contribution < -0.4 is 5.32 Å². The van der Waals surface area contributed by atoms with Gasteiger partial charge in [-0.15, -0.1) is 22.9 Å². The molecule has 0 atom stereocenters. The topological polar surface area (TPSA) is 37.8 Å². The molecule has 2 aromatic rings. The van der Waals surface area contributed by atoms with Gasteiger partial charge in [-0.05, 0) is 23.3 Å². The highest BCUT2D eigenvalue weighted by Crippen LogP contribution is 2.29. The van der Waals surface area contributed by atoms with Crippen LogP contribution in [0.5, 0.6) is 0 Å². The summed E-state index contributed by atoms with van der Waals surface area (Å²) >= 11 is 7.59. The van der Waals surface area contributed by atoms with E-state index in [2.05, 4.69) is 41.4 Å². The number of aryl methyl sites for hydroxylation is 1. The monoisotopic (exact) mass is 269 g/mol. The Hall–Kier alpha value is -0.870. The molecule has 1 N–H and O–H groups in total. The van der Waals surface area contributed by atoms with Gasteiger partial charge in [-0.2, -0.15) is 0 Å². The molecule has 2 aromatic heterocycles. The third-order valence-corrected chi connectivity index (χ3v) is 4.44. The quantitative estimate of drug-likeness (QED) is 0.861. The summed E-state index contributed by atoms with van der Waals surface area (Å²) in [7, 11) is 0. The molecule has 0 saturated heterocycles. The van der Waals surface area contributed by atoms with Crippen molar-refractivity contribution in [1.82, 2.24) is 9.97 Å². The maximum atomic E-state index is 5.91. The summed E-state index contributed by atoms with van der Waals surface area (Å²) in [6, 6.07) is 0. The Bertz CT molecular complexity index is 521. The third-order valence-electron chi connectivity index (χ3n) is 2.63. The van der Waals surface area contributed by atoms with Crippen molar-refractivity contribution in [2.45, 2.75) is 20.8 Å². The number of rotatable bonds is 4. The van der Waals surface area contributed by atoms with E-state index in [-0.39, 0.29) is 5.41 Å². The second-order valence-corrected chi connectivity index (χ2v) is 6.12. The minimum absolute atomic E-state index is 0.0606. The van der Waals surface area contributed by atoms with Gasteiger partial charge < -0.3 is 5.32 Å². The van der Waals surface area contributed by atoms with E-state index in [0.717, 1.165) is 22.6 Å². The summed E-state index contributed by atoms with van der Waals surface area (Å²) in [5, 5.41) is 5.48. The van der Waals surface area contributed by atoms with Gasteiger partial charge in [-0.1, -0.05) is 13.8 Å². The lowest BCUT2D eigenvalue weighted by atomic mass is 9.97. The summed E-state index contributed by atoms with van der Waals surface area (Å²) in [5.74, 6) is 1.53. The Morgan fingerprint density at radius 3 is 2.88 bits per heavy atom. The lowest BCUT2D eigenvalue weighted by Gasteiger charge is -2.22. The SMILES string of the molecule is Cc1csc2c(NCC(C)(C)CCl)ncnc12. The highest BCUT2D eigenvalue weighted by molar-refractivity contribution is 7.18. The predicted molar refractivity (Wildman–Crippen MR) is 75.1 cm³/mol. The van der Waals surface area contributed by atoms with Crippen LogP contribution in [0.3, 0.4) is 0 Å². The van der Waals surface area contributed by atoms with E-state index >= 15 is 0 Å². The second-order valence-electron chi connectivity index (χ2n) is 4.97. The fourth-order valence-corrected chi connectivity index (χ4v) is 2.53. The molecule has 3 nitrogen and oxygen atoms in total. The van der Waals surface area contributed by atoms with Crippen LogP contribution in [0.15, 0.2) is 11.7 Å². The molecule has 0 aliphatic rings. The van der Waals surface area contributed by atoms with Crippen molar-refractivity contribution in [3.8, 4) is 0 Å². The fraction of sp³-hybridized carbons (Fsp3) is 0.500. The van der Waals surface area contributed by atoms with Gasteiger partial charge >= 0.3 is 0 Å². The van der Waals surface area contributed by atoms with E-state index in [0.29, 0.717) is 5.88 Å². The number of halogens is 1. The van der Waals surface area contributed by atoms with Gasteiger partial charge in [0.25, 0.3) is 0 Å². The maximum absolute atomic E-state index is 5.91. The molecule has 0 aromatic carbocycles. The zero-order valence-electron chi connectivity index (χ0n) is 10.2. The lowest BCUT2D eigenvalue weighted by Crippen LogP contribution is -2.25. The van der Waals surface area contributed by atoms with E-state index in [1.165, 1.54) is 5.56 Å². The molecule has 0 fully saturated rings. The zero-order chi connectivity index (χ0) is 12.5. The van der Waals surface area contributed by atoms with E-state index < -0.39 is 0 Å². The Kier molecular flexibility index (Phi) is 3.54. The van der Waals surface area contributed by atoms with Crippen LogP contribution in [0.1, 0.15) is 19.4 Å².